The van der Waals surface area contributed by atoms with Crippen molar-refractivity contribution in [1.82, 2.24) is 0 Å². The quantitative estimate of drug-likeness (QED) is 0.482. The van der Waals surface area contributed by atoms with E-state index in [0.717, 1.165) is 15.4 Å². The van der Waals surface area contributed by atoms with Crippen LogP contribution in [0.2, 0.25) is 0 Å². The molecule has 2 rings (SSSR count). The van der Waals surface area contributed by atoms with Gasteiger partial charge in [-0.25, -0.2) is 0 Å². The number of halogens is 2. The van der Waals surface area contributed by atoms with Gasteiger partial charge in [-0.05, 0) is 28.1 Å². The van der Waals surface area contributed by atoms with Gasteiger partial charge in [0.25, 0.3) is 0 Å². The number of hydrogen-bond acceptors (Lipinski definition) is 1. The zero-order valence-corrected chi connectivity index (χ0v) is 12.2. The summed E-state index contributed by atoms with van der Waals surface area (Å²) in [5, 5.41) is 10.6. The number of aryl methyl sites for hydroxylation is 2. The molecule has 15 heavy (non-hydrogen) atoms. The summed E-state index contributed by atoms with van der Waals surface area (Å²) < 4.78 is 2.82. The van der Waals surface area contributed by atoms with E-state index in [2.05, 4.69) is 27.4 Å². The van der Waals surface area contributed by atoms with Gasteiger partial charge < -0.3 is 29.1 Å². The van der Waals surface area contributed by atoms with E-state index in [1.807, 2.05) is 25.2 Å². The van der Waals surface area contributed by atoms with Crippen LogP contribution in [0, 0.1) is 6.92 Å². The fourth-order valence-corrected chi connectivity index (χ4v) is 1.83. The highest BCUT2D eigenvalue weighted by Gasteiger charge is 2.10. The highest BCUT2D eigenvalue weighted by atomic mass is 127. The predicted molar refractivity (Wildman–Crippen MR) is 59.2 cm³/mol. The largest absolute Gasteiger partial charge is 1.00 e. The molecule has 0 aliphatic rings. The second kappa shape index (κ2) is 4.65. The van der Waals surface area contributed by atoms with Gasteiger partial charge in [0.2, 0.25) is 5.52 Å². The normalized spacial score (nSPS) is 10.1. The maximum absolute atomic E-state index is 9.52. The highest BCUT2D eigenvalue weighted by molar-refractivity contribution is 9.10. The molecule has 1 aromatic heterocycles. The second-order valence-corrected chi connectivity index (χ2v) is 4.25. The van der Waals surface area contributed by atoms with Crippen LogP contribution in [0.4, 0.5) is 0 Å². The van der Waals surface area contributed by atoms with Gasteiger partial charge in [-0.3, -0.25) is 0 Å². The van der Waals surface area contributed by atoms with Crippen LogP contribution in [0.5, 0.6) is 5.75 Å². The Labute approximate surface area is 114 Å². The molecule has 0 saturated carbocycles. The summed E-state index contributed by atoms with van der Waals surface area (Å²) in [7, 11) is 2.02. The Kier molecular flexibility index (Phi) is 3.94. The molecular formula is C11H11BrINO. The Balaban J connectivity index is 0.00000112. The topological polar surface area (TPSA) is 24.1 Å². The monoisotopic (exact) mass is 379 g/mol. The molecule has 0 bridgehead atoms. The molecule has 80 valence electrons. The van der Waals surface area contributed by atoms with E-state index in [1.54, 1.807) is 6.07 Å². The van der Waals surface area contributed by atoms with Crippen molar-refractivity contribution >= 4 is 26.8 Å². The highest BCUT2D eigenvalue weighted by Crippen LogP contribution is 2.27. The van der Waals surface area contributed by atoms with Gasteiger partial charge in [-0.1, -0.05) is 0 Å². The van der Waals surface area contributed by atoms with Gasteiger partial charge in [0.1, 0.15) is 12.8 Å². The van der Waals surface area contributed by atoms with Crippen LogP contribution in [-0.4, -0.2) is 5.11 Å². The molecular weight excluding hydrogens is 369 g/mol. The third kappa shape index (κ3) is 2.25. The van der Waals surface area contributed by atoms with Gasteiger partial charge in [-0.2, -0.15) is 4.57 Å². The molecule has 0 atom stereocenters. The van der Waals surface area contributed by atoms with Crippen LogP contribution in [-0.2, 0) is 7.05 Å². The van der Waals surface area contributed by atoms with Crippen LogP contribution >= 0.6 is 15.9 Å². The fourth-order valence-electron chi connectivity index (χ4n) is 1.50. The first-order valence-corrected chi connectivity index (χ1v) is 5.17. The SMILES string of the molecule is Cc1ccc2cc(O)c(Br)cc2[n+]1C.[I-]. The lowest BCUT2D eigenvalue weighted by Gasteiger charge is -2.01. The molecule has 1 aromatic carbocycles. The number of hydrogen-bond donors (Lipinski definition) is 1. The van der Waals surface area contributed by atoms with Crippen molar-refractivity contribution in [3.8, 4) is 5.75 Å². The van der Waals surface area contributed by atoms with Gasteiger partial charge in [0.05, 0.1) is 9.86 Å². The average molecular weight is 380 g/mol. The molecule has 0 fully saturated rings. The zero-order chi connectivity index (χ0) is 10.3. The molecule has 0 radical (unpaired) electrons. The molecule has 1 heterocycles. The average Bonchev–Trinajstić information content (AvgIpc) is 2.15. The number of rotatable bonds is 0. The van der Waals surface area contributed by atoms with Crippen molar-refractivity contribution in [2.45, 2.75) is 6.92 Å². The second-order valence-electron chi connectivity index (χ2n) is 3.40. The Morgan fingerprint density at radius 3 is 2.60 bits per heavy atom. The number of pyridine rings is 1. The van der Waals surface area contributed by atoms with E-state index in [-0.39, 0.29) is 29.7 Å². The minimum absolute atomic E-state index is 0. The van der Waals surface area contributed by atoms with Crippen LogP contribution in [0.25, 0.3) is 10.9 Å². The van der Waals surface area contributed by atoms with Gasteiger partial charge >= 0.3 is 0 Å². The number of phenolic OH excluding ortho intramolecular Hbond substituents is 1. The summed E-state index contributed by atoms with van der Waals surface area (Å²) in [4.78, 5) is 0. The van der Waals surface area contributed by atoms with E-state index < -0.39 is 0 Å². The summed E-state index contributed by atoms with van der Waals surface area (Å²) in [6.45, 7) is 2.06. The number of benzene rings is 1. The van der Waals surface area contributed by atoms with Crippen molar-refractivity contribution in [2.75, 3.05) is 0 Å². The maximum atomic E-state index is 9.52. The van der Waals surface area contributed by atoms with Crippen molar-refractivity contribution in [1.29, 1.82) is 0 Å². The molecule has 4 heteroatoms. The Hall–Kier alpha value is -0.360. The van der Waals surface area contributed by atoms with Gasteiger partial charge in [0.15, 0.2) is 5.69 Å². The first-order chi connectivity index (χ1) is 6.59. The molecule has 0 saturated heterocycles. The molecule has 0 aliphatic carbocycles. The standard InChI is InChI=1S/C11H10BrNO.HI/c1-7-3-4-8-5-11(14)9(12)6-10(8)13(7)2;/h3-6H,1-2H3;1H. The third-order valence-electron chi connectivity index (χ3n) is 2.49. The van der Waals surface area contributed by atoms with E-state index in [1.165, 1.54) is 5.69 Å². The Morgan fingerprint density at radius 2 is 1.93 bits per heavy atom. The molecule has 2 aromatic rings. The molecule has 0 aliphatic heterocycles. The lowest BCUT2D eigenvalue weighted by Crippen LogP contribution is -3.00. The molecule has 0 amide bonds. The lowest BCUT2D eigenvalue weighted by molar-refractivity contribution is -0.651. The van der Waals surface area contributed by atoms with Crippen LogP contribution in [0.3, 0.4) is 0 Å². The number of phenols is 1. The summed E-state index contributed by atoms with van der Waals surface area (Å²) in [5.41, 5.74) is 2.30. The van der Waals surface area contributed by atoms with Crippen molar-refractivity contribution in [3.63, 3.8) is 0 Å². The summed E-state index contributed by atoms with van der Waals surface area (Å²) in [6.07, 6.45) is 0. The van der Waals surface area contributed by atoms with E-state index in [0.29, 0.717) is 0 Å². The van der Waals surface area contributed by atoms with Gasteiger partial charge in [0, 0.05) is 19.1 Å². The van der Waals surface area contributed by atoms with Crippen LogP contribution < -0.4 is 28.5 Å². The van der Waals surface area contributed by atoms with Crippen LogP contribution in [0.15, 0.2) is 28.7 Å². The van der Waals surface area contributed by atoms with E-state index in [4.69, 9.17) is 0 Å². The first kappa shape index (κ1) is 12.7. The maximum Gasteiger partial charge on any atom is 0.213 e. The fraction of sp³-hybridized carbons (Fsp3) is 0.182. The zero-order valence-electron chi connectivity index (χ0n) is 8.46. The predicted octanol–water partition coefficient (Wildman–Crippen LogP) is -0.555. The van der Waals surface area contributed by atoms with Crippen molar-refractivity contribution < 1.29 is 33.7 Å². The number of aromatic hydroxyl groups is 1. The number of aromatic nitrogens is 1. The molecule has 0 unspecified atom stereocenters. The van der Waals surface area contributed by atoms with Crippen LogP contribution in [0.1, 0.15) is 5.69 Å². The molecule has 1 N–H and O–H groups in total. The Morgan fingerprint density at radius 1 is 1.27 bits per heavy atom. The minimum Gasteiger partial charge on any atom is -1.00 e. The molecule has 2 nitrogen and oxygen atoms in total. The number of nitrogens with zero attached hydrogens (tertiary/aromatic N) is 1. The van der Waals surface area contributed by atoms with Crippen molar-refractivity contribution in [3.05, 3.63) is 34.4 Å². The summed E-state index contributed by atoms with van der Waals surface area (Å²) in [5.74, 6) is 0.279. The number of fused-ring (bicyclic) bond motifs is 1. The summed E-state index contributed by atoms with van der Waals surface area (Å²) >= 11 is 3.31. The molecule has 0 spiro atoms. The Bertz CT molecular complexity index is 513. The van der Waals surface area contributed by atoms with Gasteiger partial charge in [-0.15, -0.1) is 0 Å². The van der Waals surface area contributed by atoms with Crippen molar-refractivity contribution in [2.24, 2.45) is 7.05 Å². The third-order valence-corrected chi connectivity index (χ3v) is 3.13. The van der Waals surface area contributed by atoms with E-state index >= 15 is 0 Å². The lowest BCUT2D eigenvalue weighted by atomic mass is 10.2. The minimum atomic E-state index is 0. The smallest absolute Gasteiger partial charge is 0.213 e. The van der Waals surface area contributed by atoms with E-state index in [9.17, 15) is 5.11 Å². The summed E-state index contributed by atoms with van der Waals surface area (Å²) in [6, 6.07) is 7.74. The first-order valence-electron chi connectivity index (χ1n) is 4.37.